The maximum absolute atomic E-state index is 5.53. The maximum Gasteiger partial charge on any atom is 0.0897 e. The van der Waals surface area contributed by atoms with Gasteiger partial charge >= 0.3 is 0 Å². The fraction of sp³-hybridized carbons (Fsp3) is 0.700. The molecule has 14 heavy (non-hydrogen) atoms. The lowest BCUT2D eigenvalue weighted by Gasteiger charge is -2.20. The highest BCUT2D eigenvalue weighted by Gasteiger charge is 2.15. The third-order valence-corrected chi connectivity index (χ3v) is 3.46. The summed E-state index contributed by atoms with van der Waals surface area (Å²) in [7, 11) is 0. The first-order valence-electron chi connectivity index (χ1n) is 5.04. The van der Waals surface area contributed by atoms with Gasteiger partial charge < -0.3 is 0 Å². The number of hydrogen-bond acceptors (Lipinski definition) is 4. The zero-order valence-corrected chi connectivity index (χ0v) is 9.90. The Balaban J connectivity index is 2.56. The minimum atomic E-state index is 0.335. The molecule has 0 bridgehead atoms. The van der Waals surface area contributed by atoms with Gasteiger partial charge in [-0.1, -0.05) is 20.3 Å². The summed E-state index contributed by atoms with van der Waals surface area (Å²) in [5.41, 5.74) is 4.02. The van der Waals surface area contributed by atoms with Gasteiger partial charge in [0.15, 0.2) is 0 Å². The smallest absolute Gasteiger partial charge is 0.0897 e. The van der Waals surface area contributed by atoms with Crippen LogP contribution in [-0.2, 0) is 6.42 Å². The van der Waals surface area contributed by atoms with Crippen LogP contribution in [0.2, 0.25) is 0 Å². The van der Waals surface area contributed by atoms with E-state index in [0.717, 1.165) is 23.5 Å². The first kappa shape index (κ1) is 11.6. The Morgan fingerprint density at radius 2 is 2.36 bits per heavy atom. The van der Waals surface area contributed by atoms with Gasteiger partial charge in [-0.2, -0.15) is 0 Å². The largest absolute Gasteiger partial charge is 0.271 e. The highest BCUT2D eigenvalue weighted by Crippen LogP contribution is 2.15. The molecule has 0 spiro atoms. The van der Waals surface area contributed by atoms with Crippen molar-refractivity contribution in [1.29, 1.82) is 0 Å². The van der Waals surface area contributed by atoms with Crippen LogP contribution in [0.1, 0.15) is 31.0 Å². The average molecular weight is 213 g/mol. The molecule has 0 aliphatic carbocycles. The topological polar surface area (TPSA) is 50.9 Å². The Hall–Kier alpha value is -0.450. The average Bonchev–Trinajstić information content (AvgIpc) is 2.59. The molecule has 1 aromatic heterocycles. The van der Waals surface area contributed by atoms with Crippen LogP contribution in [0.25, 0.3) is 0 Å². The third-order valence-electron chi connectivity index (χ3n) is 2.64. The fourth-order valence-corrected chi connectivity index (χ4v) is 2.06. The van der Waals surface area contributed by atoms with Gasteiger partial charge in [0, 0.05) is 17.8 Å². The summed E-state index contributed by atoms with van der Waals surface area (Å²) in [6.07, 6.45) is 2.06. The van der Waals surface area contributed by atoms with E-state index in [-0.39, 0.29) is 0 Å². The SMILES string of the molecule is CCC(C)C(Cc1csc(C)n1)NN. The molecule has 0 aliphatic heterocycles. The van der Waals surface area contributed by atoms with Crippen molar-refractivity contribution in [1.82, 2.24) is 10.4 Å². The summed E-state index contributed by atoms with van der Waals surface area (Å²) < 4.78 is 0. The van der Waals surface area contributed by atoms with Gasteiger partial charge in [-0.3, -0.25) is 11.3 Å². The van der Waals surface area contributed by atoms with Gasteiger partial charge in [0.1, 0.15) is 0 Å². The summed E-state index contributed by atoms with van der Waals surface area (Å²) in [5, 5.41) is 3.24. The number of rotatable bonds is 5. The first-order chi connectivity index (χ1) is 6.67. The second-order valence-electron chi connectivity index (χ2n) is 3.72. The molecule has 0 saturated heterocycles. The molecule has 4 heteroatoms. The molecule has 2 unspecified atom stereocenters. The molecule has 0 fully saturated rings. The standard InChI is InChI=1S/C10H19N3S/c1-4-7(2)10(13-11)5-9-6-14-8(3)12-9/h6-7,10,13H,4-5,11H2,1-3H3. The highest BCUT2D eigenvalue weighted by atomic mass is 32.1. The Morgan fingerprint density at radius 1 is 1.64 bits per heavy atom. The summed E-state index contributed by atoms with van der Waals surface area (Å²) in [4.78, 5) is 4.44. The number of hydrazine groups is 1. The molecular weight excluding hydrogens is 194 g/mol. The molecule has 3 nitrogen and oxygen atoms in total. The van der Waals surface area contributed by atoms with Crippen LogP contribution >= 0.6 is 11.3 Å². The van der Waals surface area contributed by atoms with Crippen LogP contribution in [0.15, 0.2) is 5.38 Å². The van der Waals surface area contributed by atoms with Crippen LogP contribution in [0, 0.1) is 12.8 Å². The van der Waals surface area contributed by atoms with Crippen molar-refractivity contribution in [2.45, 2.75) is 39.7 Å². The lowest BCUT2D eigenvalue weighted by atomic mass is 9.96. The zero-order chi connectivity index (χ0) is 10.6. The molecule has 1 aromatic rings. The van der Waals surface area contributed by atoms with Crippen molar-refractivity contribution < 1.29 is 0 Å². The lowest BCUT2D eigenvalue weighted by Crippen LogP contribution is -2.41. The third kappa shape index (κ3) is 3.04. The molecular formula is C10H19N3S. The van der Waals surface area contributed by atoms with E-state index in [9.17, 15) is 0 Å². The van der Waals surface area contributed by atoms with Crippen LogP contribution in [0.4, 0.5) is 0 Å². The molecule has 0 aliphatic rings. The number of hydrogen-bond donors (Lipinski definition) is 2. The lowest BCUT2D eigenvalue weighted by molar-refractivity contribution is 0.368. The van der Waals surface area contributed by atoms with E-state index in [1.54, 1.807) is 11.3 Å². The molecule has 1 heterocycles. The number of nitrogens with zero attached hydrogens (tertiary/aromatic N) is 1. The number of thiazole rings is 1. The van der Waals surface area contributed by atoms with E-state index >= 15 is 0 Å². The Labute approximate surface area is 89.7 Å². The van der Waals surface area contributed by atoms with E-state index in [2.05, 4.69) is 29.6 Å². The Bertz CT molecular complexity index is 272. The molecule has 0 aromatic carbocycles. The maximum atomic E-state index is 5.53. The minimum Gasteiger partial charge on any atom is -0.271 e. The molecule has 0 radical (unpaired) electrons. The molecule has 1 rings (SSSR count). The zero-order valence-electron chi connectivity index (χ0n) is 9.08. The molecule has 0 amide bonds. The van der Waals surface area contributed by atoms with Crippen molar-refractivity contribution >= 4 is 11.3 Å². The number of aromatic nitrogens is 1. The second kappa shape index (κ2) is 5.44. The van der Waals surface area contributed by atoms with E-state index in [0.29, 0.717) is 12.0 Å². The second-order valence-corrected chi connectivity index (χ2v) is 4.78. The van der Waals surface area contributed by atoms with Crippen molar-refractivity contribution in [3.63, 3.8) is 0 Å². The van der Waals surface area contributed by atoms with E-state index < -0.39 is 0 Å². The van der Waals surface area contributed by atoms with Gasteiger partial charge in [-0.25, -0.2) is 4.98 Å². The van der Waals surface area contributed by atoms with Gasteiger partial charge in [-0.05, 0) is 12.8 Å². The van der Waals surface area contributed by atoms with Crippen molar-refractivity contribution in [2.75, 3.05) is 0 Å². The monoisotopic (exact) mass is 213 g/mol. The van der Waals surface area contributed by atoms with E-state index in [1.807, 2.05) is 6.92 Å². The number of nitrogens with one attached hydrogen (secondary N) is 1. The minimum absolute atomic E-state index is 0.335. The van der Waals surface area contributed by atoms with Crippen molar-refractivity contribution in [2.24, 2.45) is 11.8 Å². The van der Waals surface area contributed by atoms with Crippen LogP contribution < -0.4 is 11.3 Å². The molecule has 2 atom stereocenters. The quantitative estimate of drug-likeness (QED) is 0.580. The van der Waals surface area contributed by atoms with E-state index in [4.69, 9.17) is 5.84 Å². The normalized spacial score (nSPS) is 15.4. The van der Waals surface area contributed by atoms with Crippen LogP contribution in [0.3, 0.4) is 0 Å². The van der Waals surface area contributed by atoms with Gasteiger partial charge in [0.25, 0.3) is 0 Å². The number of nitrogens with two attached hydrogens (primary N) is 1. The van der Waals surface area contributed by atoms with Gasteiger partial charge in [-0.15, -0.1) is 11.3 Å². The fourth-order valence-electron chi connectivity index (χ4n) is 1.44. The highest BCUT2D eigenvalue weighted by molar-refractivity contribution is 7.09. The Morgan fingerprint density at radius 3 is 2.79 bits per heavy atom. The van der Waals surface area contributed by atoms with Crippen LogP contribution in [-0.4, -0.2) is 11.0 Å². The van der Waals surface area contributed by atoms with Crippen molar-refractivity contribution in [3.8, 4) is 0 Å². The number of aryl methyl sites for hydroxylation is 1. The first-order valence-corrected chi connectivity index (χ1v) is 5.92. The summed E-state index contributed by atoms with van der Waals surface area (Å²) in [6, 6.07) is 0.335. The summed E-state index contributed by atoms with van der Waals surface area (Å²) in [5.74, 6) is 6.11. The molecule has 0 saturated carbocycles. The summed E-state index contributed by atoms with van der Waals surface area (Å²) in [6.45, 7) is 6.42. The summed E-state index contributed by atoms with van der Waals surface area (Å²) >= 11 is 1.70. The predicted octanol–water partition coefficient (Wildman–Crippen LogP) is 1.87. The van der Waals surface area contributed by atoms with Crippen molar-refractivity contribution in [3.05, 3.63) is 16.1 Å². The van der Waals surface area contributed by atoms with E-state index in [1.165, 1.54) is 0 Å². The predicted molar refractivity (Wildman–Crippen MR) is 61.1 cm³/mol. The Kier molecular flexibility index (Phi) is 4.51. The molecule has 80 valence electrons. The van der Waals surface area contributed by atoms with Crippen LogP contribution in [0.5, 0.6) is 0 Å². The molecule has 3 N–H and O–H groups in total. The van der Waals surface area contributed by atoms with Gasteiger partial charge in [0.05, 0.1) is 10.7 Å². The van der Waals surface area contributed by atoms with Gasteiger partial charge in [0.2, 0.25) is 0 Å².